The van der Waals surface area contributed by atoms with Gasteiger partial charge in [-0.15, -0.1) is 0 Å². The number of anilines is 1. The van der Waals surface area contributed by atoms with E-state index in [1.807, 2.05) is 0 Å². The summed E-state index contributed by atoms with van der Waals surface area (Å²) in [6.45, 7) is 0.724. The monoisotopic (exact) mass is 357 g/mol. The van der Waals surface area contributed by atoms with Crippen LogP contribution in [0.2, 0.25) is 0 Å². The first-order valence-electron chi connectivity index (χ1n) is 7.17. The van der Waals surface area contributed by atoms with Gasteiger partial charge in [-0.25, -0.2) is 9.97 Å². The molecule has 0 amide bonds. The van der Waals surface area contributed by atoms with E-state index >= 15 is 0 Å². The number of hydrogen-bond donors (Lipinski definition) is 3. The lowest BCUT2D eigenvalue weighted by Crippen LogP contribution is -2.12. The molecule has 0 spiro atoms. The van der Waals surface area contributed by atoms with E-state index in [-0.39, 0.29) is 12.8 Å². The van der Waals surface area contributed by atoms with Gasteiger partial charge < -0.3 is 29.3 Å². The summed E-state index contributed by atoms with van der Waals surface area (Å²) in [7, 11) is -0.908. The van der Waals surface area contributed by atoms with Gasteiger partial charge in [0.05, 0.1) is 39.1 Å². The SMILES string of the molecule is COc1cc2ncnc(NCCOCCP(=O)(O)O)c2cc1OC. The maximum Gasteiger partial charge on any atom is 0.327 e. The van der Waals surface area contributed by atoms with Crippen LogP contribution in [0.15, 0.2) is 18.5 Å². The number of nitrogens with zero attached hydrogens (tertiary/aromatic N) is 2. The van der Waals surface area contributed by atoms with Crippen LogP contribution in [0.5, 0.6) is 11.5 Å². The highest BCUT2D eigenvalue weighted by atomic mass is 31.2. The van der Waals surface area contributed by atoms with Crippen molar-refractivity contribution in [2.75, 3.05) is 45.5 Å². The number of ether oxygens (including phenoxy) is 3. The predicted molar refractivity (Wildman–Crippen MR) is 88.9 cm³/mol. The summed E-state index contributed by atoms with van der Waals surface area (Å²) in [5.41, 5.74) is 0.701. The van der Waals surface area contributed by atoms with Crippen molar-refractivity contribution in [1.29, 1.82) is 0 Å². The summed E-state index contributed by atoms with van der Waals surface area (Å²) >= 11 is 0. The minimum absolute atomic E-state index is 0.00149. The Hall–Kier alpha value is -1.93. The number of nitrogens with one attached hydrogen (secondary N) is 1. The highest BCUT2D eigenvalue weighted by Gasteiger charge is 2.12. The number of benzene rings is 1. The third-order valence-corrected chi connectivity index (χ3v) is 3.97. The van der Waals surface area contributed by atoms with E-state index in [1.165, 1.54) is 6.33 Å². The number of aromatic nitrogens is 2. The van der Waals surface area contributed by atoms with Gasteiger partial charge in [-0.3, -0.25) is 4.57 Å². The average molecular weight is 357 g/mol. The summed E-state index contributed by atoms with van der Waals surface area (Å²) in [5, 5.41) is 3.88. The van der Waals surface area contributed by atoms with Gasteiger partial charge >= 0.3 is 7.60 Å². The maximum absolute atomic E-state index is 10.7. The third-order valence-electron chi connectivity index (χ3n) is 3.21. The van der Waals surface area contributed by atoms with Crippen LogP contribution in [-0.4, -0.2) is 59.9 Å². The average Bonchev–Trinajstić information content (AvgIpc) is 2.55. The van der Waals surface area contributed by atoms with Gasteiger partial charge in [0.15, 0.2) is 11.5 Å². The zero-order valence-corrected chi connectivity index (χ0v) is 14.3. The molecule has 0 radical (unpaired) electrons. The first-order chi connectivity index (χ1) is 11.4. The summed E-state index contributed by atoms with van der Waals surface area (Å²) in [4.78, 5) is 25.9. The third kappa shape index (κ3) is 5.04. The molecule has 1 heterocycles. The molecule has 2 rings (SSSR count). The van der Waals surface area contributed by atoms with Crippen LogP contribution < -0.4 is 14.8 Å². The second-order valence-electron chi connectivity index (χ2n) is 4.87. The fourth-order valence-electron chi connectivity index (χ4n) is 2.05. The minimum atomic E-state index is -4.01. The largest absolute Gasteiger partial charge is 0.493 e. The van der Waals surface area contributed by atoms with E-state index in [4.69, 9.17) is 24.0 Å². The smallest absolute Gasteiger partial charge is 0.327 e. The quantitative estimate of drug-likeness (QED) is 0.449. The fraction of sp³-hybridized carbons (Fsp3) is 0.429. The van der Waals surface area contributed by atoms with Gasteiger partial charge in [0.2, 0.25) is 0 Å². The predicted octanol–water partition coefficient (Wildman–Crippen LogP) is 1.25. The van der Waals surface area contributed by atoms with E-state index < -0.39 is 7.60 Å². The Morgan fingerprint density at radius 1 is 1.12 bits per heavy atom. The summed E-state index contributed by atoms with van der Waals surface area (Å²) in [6.07, 6.45) is 1.14. The molecule has 0 saturated heterocycles. The van der Waals surface area contributed by atoms with Crippen molar-refractivity contribution in [3.63, 3.8) is 0 Å². The van der Waals surface area contributed by atoms with Crippen molar-refractivity contribution in [3.05, 3.63) is 18.5 Å². The van der Waals surface area contributed by atoms with Crippen LogP contribution in [0, 0.1) is 0 Å². The molecule has 2 aromatic rings. The fourth-order valence-corrected chi connectivity index (χ4v) is 2.42. The van der Waals surface area contributed by atoms with Crippen LogP contribution in [-0.2, 0) is 9.30 Å². The Balaban J connectivity index is 2.00. The Bertz CT molecular complexity index is 736. The molecule has 0 saturated carbocycles. The molecule has 0 unspecified atom stereocenters. The van der Waals surface area contributed by atoms with Gasteiger partial charge in [-0.2, -0.15) is 0 Å². The molecule has 0 bridgehead atoms. The Labute approximate surface area is 139 Å². The van der Waals surface area contributed by atoms with E-state index in [0.29, 0.717) is 36.0 Å². The molecule has 0 aliphatic carbocycles. The normalized spacial score (nSPS) is 11.5. The van der Waals surface area contributed by atoms with Crippen molar-refractivity contribution >= 4 is 24.3 Å². The van der Waals surface area contributed by atoms with Crippen LogP contribution in [0.25, 0.3) is 10.9 Å². The second-order valence-corrected chi connectivity index (χ2v) is 6.65. The number of rotatable bonds is 9. The molecule has 0 aliphatic heterocycles. The molecular weight excluding hydrogens is 337 g/mol. The first kappa shape index (κ1) is 18.4. The summed E-state index contributed by atoms with van der Waals surface area (Å²) in [5.74, 6) is 1.76. The summed E-state index contributed by atoms with van der Waals surface area (Å²) < 4.78 is 26.4. The lowest BCUT2D eigenvalue weighted by Gasteiger charge is -2.12. The van der Waals surface area contributed by atoms with Crippen molar-refractivity contribution in [3.8, 4) is 11.5 Å². The van der Waals surface area contributed by atoms with E-state index in [9.17, 15) is 4.57 Å². The van der Waals surface area contributed by atoms with E-state index in [2.05, 4.69) is 15.3 Å². The zero-order valence-electron chi connectivity index (χ0n) is 13.4. The Kier molecular flexibility index (Phi) is 6.33. The molecule has 0 atom stereocenters. The topological polar surface area (TPSA) is 123 Å². The van der Waals surface area contributed by atoms with Crippen molar-refractivity contribution in [2.45, 2.75) is 0 Å². The molecule has 0 aliphatic rings. The van der Waals surface area contributed by atoms with Crippen LogP contribution in [0.1, 0.15) is 0 Å². The molecule has 132 valence electrons. The minimum Gasteiger partial charge on any atom is -0.493 e. The lowest BCUT2D eigenvalue weighted by molar-refractivity contribution is 0.155. The van der Waals surface area contributed by atoms with Crippen LogP contribution >= 0.6 is 7.60 Å². The first-order valence-corrected chi connectivity index (χ1v) is 8.97. The van der Waals surface area contributed by atoms with Crippen molar-refractivity contribution < 1.29 is 28.6 Å². The molecule has 3 N–H and O–H groups in total. The Morgan fingerprint density at radius 3 is 2.50 bits per heavy atom. The van der Waals surface area contributed by atoms with Crippen LogP contribution in [0.3, 0.4) is 0 Å². The van der Waals surface area contributed by atoms with Crippen molar-refractivity contribution in [1.82, 2.24) is 9.97 Å². The number of fused-ring (bicyclic) bond motifs is 1. The van der Waals surface area contributed by atoms with Crippen molar-refractivity contribution in [2.24, 2.45) is 0 Å². The highest BCUT2D eigenvalue weighted by molar-refractivity contribution is 7.51. The van der Waals surface area contributed by atoms with Crippen LogP contribution in [0.4, 0.5) is 5.82 Å². The van der Waals surface area contributed by atoms with E-state index in [0.717, 1.165) is 5.39 Å². The highest BCUT2D eigenvalue weighted by Crippen LogP contribution is 2.34. The molecule has 24 heavy (non-hydrogen) atoms. The molecular formula is C14H20N3O6P. The molecule has 1 aromatic carbocycles. The number of hydrogen-bond acceptors (Lipinski definition) is 7. The second kappa shape index (κ2) is 8.25. The number of methoxy groups -OCH3 is 2. The standard InChI is InChI=1S/C14H20N3O6P/c1-21-12-7-10-11(8-13(12)22-2)16-9-17-14(10)15-3-4-23-5-6-24(18,19)20/h7-9H,3-6H2,1-2H3,(H,15,16,17)(H2,18,19,20). The lowest BCUT2D eigenvalue weighted by atomic mass is 10.2. The molecule has 10 heteroatoms. The molecule has 1 aromatic heterocycles. The van der Waals surface area contributed by atoms with Gasteiger partial charge in [0.25, 0.3) is 0 Å². The summed E-state index contributed by atoms with van der Waals surface area (Å²) in [6, 6.07) is 3.54. The maximum atomic E-state index is 10.7. The Morgan fingerprint density at radius 2 is 1.83 bits per heavy atom. The van der Waals surface area contributed by atoms with E-state index in [1.54, 1.807) is 26.4 Å². The van der Waals surface area contributed by atoms with Gasteiger partial charge in [0.1, 0.15) is 12.1 Å². The zero-order chi connectivity index (χ0) is 17.6. The van der Waals surface area contributed by atoms with Gasteiger partial charge in [-0.05, 0) is 6.07 Å². The molecule has 0 fully saturated rings. The van der Waals surface area contributed by atoms with Gasteiger partial charge in [-0.1, -0.05) is 0 Å². The van der Waals surface area contributed by atoms with Gasteiger partial charge in [0, 0.05) is 18.0 Å². The molecule has 9 nitrogen and oxygen atoms in total.